The third-order valence-corrected chi connectivity index (χ3v) is 5.86. The summed E-state index contributed by atoms with van der Waals surface area (Å²) < 4.78 is 5.32. The Morgan fingerprint density at radius 1 is 1.09 bits per heavy atom. The normalized spacial score (nSPS) is 15.9. The first-order chi connectivity index (χ1) is 16.1. The number of methoxy groups -OCH3 is 1. The van der Waals surface area contributed by atoms with Gasteiger partial charge in [0.1, 0.15) is 17.5 Å². The van der Waals surface area contributed by atoms with Crippen LogP contribution in [0.2, 0.25) is 0 Å². The average molecular weight is 442 g/mol. The predicted molar refractivity (Wildman–Crippen MR) is 128 cm³/mol. The predicted octanol–water partition coefficient (Wildman–Crippen LogP) is 3.84. The lowest BCUT2D eigenvalue weighted by atomic mass is 9.97. The molecule has 0 aliphatic carbocycles. The number of benzene rings is 2. The summed E-state index contributed by atoms with van der Waals surface area (Å²) in [6.45, 7) is 5.17. The van der Waals surface area contributed by atoms with Crippen molar-refractivity contribution < 1.29 is 14.3 Å². The van der Waals surface area contributed by atoms with Crippen LogP contribution in [0.4, 0.5) is 0 Å². The summed E-state index contributed by atoms with van der Waals surface area (Å²) >= 11 is 0. The van der Waals surface area contributed by atoms with Gasteiger partial charge in [-0.25, -0.2) is 0 Å². The number of carbonyl (C=O) groups is 2. The first-order valence-electron chi connectivity index (χ1n) is 11.0. The van der Waals surface area contributed by atoms with E-state index in [1.807, 2.05) is 48.5 Å². The molecule has 6 heteroatoms. The maximum absolute atomic E-state index is 13.3. The van der Waals surface area contributed by atoms with Crippen molar-refractivity contribution in [2.24, 2.45) is 0 Å². The van der Waals surface area contributed by atoms with Gasteiger partial charge < -0.3 is 14.5 Å². The summed E-state index contributed by atoms with van der Waals surface area (Å²) in [5, 5.41) is 0. The van der Waals surface area contributed by atoms with Gasteiger partial charge in [-0.05, 0) is 41.0 Å². The molecule has 1 atom stereocenters. The summed E-state index contributed by atoms with van der Waals surface area (Å²) in [4.78, 5) is 34.0. The molecule has 2 amide bonds. The zero-order valence-electron chi connectivity index (χ0n) is 18.7. The van der Waals surface area contributed by atoms with Crippen LogP contribution >= 0.6 is 0 Å². The summed E-state index contributed by atoms with van der Waals surface area (Å²) in [5.74, 6) is 0.512. The van der Waals surface area contributed by atoms with Crippen LogP contribution in [0.15, 0.2) is 85.6 Å². The van der Waals surface area contributed by atoms with Crippen LogP contribution in [0.25, 0.3) is 11.1 Å². The molecule has 1 aliphatic heterocycles. The van der Waals surface area contributed by atoms with Gasteiger partial charge in [0.15, 0.2) is 0 Å². The van der Waals surface area contributed by atoms with Crippen molar-refractivity contribution in [2.45, 2.75) is 12.5 Å². The second-order valence-corrected chi connectivity index (χ2v) is 7.94. The van der Waals surface area contributed by atoms with E-state index in [1.54, 1.807) is 47.4 Å². The van der Waals surface area contributed by atoms with E-state index in [-0.39, 0.29) is 11.8 Å². The lowest BCUT2D eigenvalue weighted by Gasteiger charge is -2.40. The van der Waals surface area contributed by atoms with Crippen molar-refractivity contribution in [3.8, 4) is 16.9 Å². The van der Waals surface area contributed by atoms with Gasteiger partial charge in [0.25, 0.3) is 5.91 Å². The Morgan fingerprint density at radius 3 is 2.61 bits per heavy atom. The molecule has 0 bridgehead atoms. The fourth-order valence-corrected chi connectivity index (χ4v) is 4.11. The van der Waals surface area contributed by atoms with Gasteiger partial charge in [-0.1, -0.05) is 48.5 Å². The van der Waals surface area contributed by atoms with E-state index in [0.29, 0.717) is 31.7 Å². The van der Waals surface area contributed by atoms with Crippen LogP contribution in [0.3, 0.4) is 0 Å². The summed E-state index contributed by atoms with van der Waals surface area (Å²) in [6, 6.07) is 20.6. The number of piperazine rings is 1. The number of hydrogen-bond donors (Lipinski definition) is 0. The van der Waals surface area contributed by atoms with E-state index in [0.717, 1.165) is 22.4 Å². The number of hydrogen-bond acceptors (Lipinski definition) is 4. The highest BCUT2D eigenvalue weighted by Gasteiger charge is 2.37. The minimum atomic E-state index is -0.587. The number of aromatic nitrogens is 1. The maximum Gasteiger partial charge on any atom is 0.273 e. The van der Waals surface area contributed by atoms with Crippen LogP contribution in [0, 0.1) is 0 Å². The number of amides is 2. The van der Waals surface area contributed by atoms with E-state index in [9.17, 15) is 9.59 Å². The van der Waals surface area contributed by atoms with Crippen LogP contribution in [-0.4, -0.2) is 59.4 Å². The molecule has 0 N–H and O–H groups in total. The fraction of sp³-hybridized carbons (Fsp3) is 0.222. The Balaban J connectivity index is 1.58. The van der Waals surface area contributed by atoms with Gasteiger partial charge in [0.2, 0.25) is 5.91 Å². The summed E-state index contributed by atoms with van der Waals surface area (Å²) in [5.41, 5.74) is 3.45. The molecule has 1 fully saturated rings. The summed E-state index contributed by atoms with van der Waals surface area (Å²) in [7, 11) is 1.65. The first-order valence-corrected chi connectivity index (χ1v) is 11.0. The maximum atomic E-state index is 13.3. The Bertz CT molecular complexity index is 1130. The molecule has 4 rings (SSSR count). The number of pyridine rings is 1. The zero-order valence-corrected chi connectivity index (χ0v) is 18.7. The molecule has 168 valence electrons. The molecule has 2 heterocycles. The van der Waals surface area contributed by atoms with Gasteiger partial charge >= 0.3 is 0 Å². The van der Waals surface area contributed by atoms with Gasteiger partial charge in [0.05, 0.1) is 7.11 Å². The zero-order chi connectivity index (χ0) is 23.2. The molecule has 0 spiro atoms. The van der Waals surface area contributed by atoms with E-state index in [1.165, 1.54) is 0 Å². The third-order valence-electron chi connectivity index (χ3n) is 5.86. The molecule has 1 aliphatic rings. The minimum Gasteiger partial charge on any atom is -0.497 e. The van der Waals surface area contributed by atoms with E-state index in [2.05, 4.69) is 11.6 Å². The Kier molecular flexibility index (Phi) is 6.83. The van der Waals surface area contributed by atoms with E-state index < -0.39 is 6.04 Å². The monoisotopic (exact) mass is 441 g/mol. The molecule has 0 unspecified atom stereocenters. The van der Waals surface area contributed by atoms with Crippen LogP contribution in [0.5, 0.6) is 5.75 Å². The molecular weight excluding hydrogens is 414 g/mol. The first kappa shape index (κ1) is 22.3. The fourth-order valence-electron chi connectivity index (χ4n) is 4.11. The second kappa shape index (κ2) is 10.1. The van der Waals surface area contributed by atoms with Gasteiger partial charge in [-0.2, -0.15) is 0 Å². The topological polar surface area (TPSA) is 62.7 Å². The van der Waals surface area contributed by atoms with Crippen LogP contribution in [0.1, 0.15) is 16.1 Å². The van der Waals surface area contributed by atoms with Gasteiger partial charge in [0, 0.05) is 32.3 Å². The Labute approximate surface area is 194 Å². The molecular formula is C27H27N3O3. The number of nitrogens with zero attached hydrogens (tertiary/aromatic N) is 3. The number of ether oxygens (including phenoxy) is 1. The van der Waals surface area contributed by atoms with Crippen LogP contribution in [-0.2, 0) is 11.2 Å². The van der Waals surface area contributed by atoms with E-state index >= 15 is 0 Å². The molecule has 0 saturated carbocycles. The summed E-state index contributed by atoms with van der Waals surface area (Å²) in [6.07, 6.45) is 3.74. The molecule has 33 heavy (non-hydrogen) atoms. The lowest BCUT2D eigenvalue weighted by Crippen LogP contribution is -2.59. The van der Waals surface area contributed by atoms with Crippen LogP contribution < -0.4 is 4.74 Å². The van der Waals surface area contributed by atoms with Crippen molar-refractivity contribution in [1.82, 2.24) is 14.8 Å². The molecule has 1 aromatic heterocycles. The van der Waals surface area contributed by atoms with Crippen molar-refractivity contribution in [2.75, 3.05) is 26.7 Å². The highest BCUT2D eigenvalue weighted by atomic mass is 16.5. The van der Waals surface area contributed by atoms with E-state index in [4.69, 9.17) is 4.74 Å². The molecule has 2 aromatic carbocycles. The molecule has 3 aromatic rings. The van der Waals surface area contributed by atoms with Gasteiger partial charge in [-0.15, -0.1) is 6.58 Å². The highest BCUT2D eigenvalue weighted by molar-refractivity contribution is 5.97. The largest absolute Gasteiger partial charge is 0.497 e. The Morgan fingerprint density at radius 2 is 1.91 bits per heavy atom. The molecule has 1 saturated heterocycles. The van der Waals surface area contributed by atoms with Crippen molar-refractivity contribution in [3.05, 3.63) is 96.8 Å². The number of rotatable bonds is 7. The van der Waals surface area contributed by atoms with Crippen molar-refractivity contribution >= 4 is 11.8 Å². The number of carbonyl (C=O) groups excluding carboxylic acids is 2. The SMILES string of the molecule is C=CCN1CCN(C(=O)c2ccccn2)[C@H](Cc2ccc(-c3cccc(OC)c3)cc2)C1=O. The molecule has 0 radical (unpaired) electrons. The highest BCUT2D eigenvalue weighted by Crippen LogP contribution is 2.25. The smallest absolute Gasteiger partial charge is 0.273 e. The second-order valence-electron chi connectivity index (χ2n) is 7.94. The average Bonchev–Trinajstić information content (AvgIpc) is 2.87. The van der Waals surface area contributed by atoms with Crippen molar-refractivity contribution in [1.29, 1.82) is 0 Å². The molecule has 6 nitrogen and oxygen atoms in total. The standard InChI is InChI=1S/C27H27N3O3/c1-3-15-29-16-17-30(26(31)24-9-4-5-14-28-24)25(27(29)32)18-20-10-12-21(13-11-20)22-7-6-8-23(19-22)33-2/h3-14,19,25H,1,15-18H2,2H3/t25-/m1/s1. The van der Waals surface area contributed by atoms with Gasteiger partial charge in [-0.3, -0.25) is 14.6 Å². The third kappa shape index (κ3) is 4.95. The van der Waals surface area contributed by atoms with Crippen molar-refractivity contribution in [3.63, 3.8) is 0 Å². The quantitative estimate of drug-likeness (QED) is 0.523. The Hall–Kier alpha value is -3.93. The lowest BCUT2D eigenvalue weighted by molar-refractivity contribution is -0.139. The minimum absolute atomic E-state index is 0.0673.